The van der Waals surface area contributed by atoms with E-state index in [9.17, 15) is 4.39 Å². The zero-order valence-electron chi connectivity index (χ0n) is 4.65. The van der Waals surface area contributed by atoms with Crippen LogP contribution in [0.5, 0.6) is 0 Å². The van der Waals surface area contributed by atoms with E-state index < -0.39 is 0 Å². The maximum atomic E-state index is 11.0. The molecule has 0 rings (SSSR count). The number of unbranched alkanes of at least 4 members (excludes halogenated alkanes) is 1. The van der Waals surface area contributed by atoms with E-state index in [2.05, 4.69) is 12.8 Å². The standard InChI is InChI=1S/C7H8F/c1-2-3-4-5-6-7-8/h4-5H,1-3H2/b5-4+. The lowest BCUT2D eigenvalue weighted by atomic mass is 10.3. The summed E-state index contributed by atoms with van der Waals surface area (Å²) in [7, 11) is 0. The van der Waals surface area contributed by atoms with Gasteiger partial charge in [0.05, 0.1) is 0 Å². The van der Waals surface area contributed by atoms with Gasteiger partial charge >= 0.3 is 0 Å². The third-order valence-corrected chi connectivity index (χ3v) is 0.627. The van der Waals surface area contributed by atoms with Crippen molar-refractivity contribution < 1.29 is 4.39 Å². The second-order valence-electron chi connectivity index (χ2n) is 1.28. The van der Waals surface area contributed by atoms with Crippen LogP contribution in [0.25, 0.3) is 0 Å². The Morgan fingerprint density at radius 1 is 1.62 bits per heavy atom. The molecular weight excluding hydrogens is 103 g/mol. The predicted molar refractivity (Wildman–Crippen MR) is 32.6 cm³/mol. The zero-order chi connectivity index (χ0) is 6.24. The summed E-state index contributed by atoms with van der Waals surface area (Å²) in [4.78, 5) is 0. The van der Waals surface area contributed by atoms with E-state index in [0.717, 1.165) is 12.8 Å². The molecule has 0 bridgehead atoms. The molecule has 0 atom stereocenters. The van der Waals surface area contributed by atoms with Gasteiger partial charge in [-0.1, -0.05) is 13.0 Å². The lowest BCUT2D eigenvalue weighted by Gasteiger charge is -1.76. The van der Waals surface area contributed by atoms with Crippen LogP contribution in [0.1, 0.15) is 12.8 Å². The Morgan fingerprint density at radius 2 is 2.38 bits per heavy atom. The minimum Gasteiger partial charge on any atom is -0.144 e. The van der Waals surface area contributed by atoms with Crippen LogP contribution in [0, 0.1) is 19.0 Å². The van der Waals surface area contributed by atoms with Crippen LogP contribution in [-0.4, -0.2) is 0 Å². The van der Waals surface area contributed by atoms with Crippen molar-refractivity contribution in [3.63, 3.8) is 0 Å². The summed E-state index contributed by atoms with van der Waals surface area (Å²) < 4.78 is 11.0. The van der Waals surface area contributed by atoms with Crippen molar-refractivity contribution in [1.29, 1.82) is 0 Å². The quantitative estimate of drug-likeness (QED) is 0.478. The molecule has 0 spiro atoms. The molecule has 0 unspecified atom stereocenters. The summed E-state index contributed by atoms with van der Waals surface area (Å²) in [6.45, 7) is 3.59. The molecule has 0 aliphatic rings. The number of rotatable bonds is 2. The number of hydrogen-bond donors (Lipinski definition) is 0. The van der Waals surface area contributed by atoms with Crippen molar-refractivity contribution in [1.82, 2.24) is 0 Å². The van der Waals surface area contributed by atoms with Crippen LogP contribution in [0.2, 0.25) is 0 Å². The number of allylic oxidation sites excluding steroid dienone is 2. The van der Waals surface area contributed by atoms with Crippen LogP contribution < -0.4 is 0 Å². The first-order valence-electron chi connectivity index (χ1n) is 2.47. The molecule has 1 radical (unpaired) electrons. The molecule has 1 heteroatoms. The average molecular weight is 111 g/mol. The van der Waals surface area contributed by atoms with Gasteiger partial charge in [0.2, 0.25) is 0 Å². The molecule has 8 heavy (non-hydrogen) atoms. The highest BCUT2D eigenvalue weighted by molar-refractivity contribution is 5.11. The lowest BCUT2D eigenvalue weighted by molar-refractivity contribution is 0.774. The average Bonchev–Trinajstić information content (AvgIpc) is 1.81. The smallest absolute Gasteiger partial charge is 0.110 e. The minimum absolute atomic E-state index is 0.838. The van der Waals surface area contributed by atoms with Gasteiger partial charge in [0.1, 0.15) is 6.17 Å². The molecule has 0 aromatic carbocycles. The van der Waals surface area contributed by atoms with E-state index in [0.29, 0.717) is 0 Å². The van der Waals surface area contributed by atoms with Crippen molar-refractivity contribution in [3.05, 3.63) is 19.1 Å². The highest BCUT2D eigenvalue weighted by atomic mass is 19.1. The van der Waals surface area contributed by atoms with Crippen molar-refractivity contribution in [2.24, 2.45) is 0 Å². The van der Waals surface area contributed by atoms with Crippen LogP contribution >= 0.6 is 0 Å². The van der Waals surface area contributed by atoms with Crippen molar-refractivity contribution >= 4 is 0 Å². The van der Waals surface area contributed by atoms with Crippen molar-refractivity contribution in [2.45, 2.75) is 12.8 Å². The second kappa shape index (κ2) is 6.23. The third-order valence-electron chi connectivity index (χ3n) is 0.627. The Bertz CT molecular complexity index is 114. The molecule has 0 saturated heterocycles. The zero-order valence-corrected chi connectivity index (χ0v) is 4.65. The van der Waals surface area contributed by atoms with Gasteiger partial charge in [-0.15, -0.1) is 4.39 Å². The van der Waals surface area contributed by atoms with Crippen LogP contribution in [0.4, 0.5) is 4.39 Å². The van der Waals surface area contributed by atoms with E-state index in [1.54, 1.807) is 6.08 Å². The first-order valence-corrected chi connectivity index (χ1v) is 2.47. The van der Waals surface area contributed by atoms with Crippen LogP contribution in [0.15, 0.2) is 12.2 Å². The largest absolute Gasteiger partial charge is 0.144 e. The predicted octanol–water partition coefficient (Wildman–Crippen LogP) is 2.09. The molecular formula is C7H8F. The van der Waals surface area contributed by atoms with Crippen molar-refractivity contribution in [3.8, 4) is 12.1 Å². The molecule has 43 valence electrons. The molecule has 0 heterocycles. The Hall–Kier alpha value is -0.770. The van der Waals surface area contributed by atoms with Crippen LogP contribution in [-0.2, 0) is 0 Å². The summed E-state index contributed by atoms with van der Waals surface area (Å²) >= 11 is 0. The monoisotopic (exact) mass is 111 g/mol. The molecule has 0 fully saturated rings. The van der Waals surface area contributed by atoms with E-state index in [1.807, 2.05) is 0 Å². The SMILES string of the molecule is [CH2]CC/C=C/C#CF. The fraction of sp³-hybridized carbons (Fsp3) is 0.286. The van der Waals surface area contributed by atoms with E-state index in [4.69, 9.17) is 0 Å². The topological polar surface area (TPSA) is 0 Å². The molecule has 0 aromatic rings. The third kappa shape index (κ3) is 5.23. The Kier molecular flexibility index (Phi) is 5.63. The highest BCUT2D eigenvalue weighted by Crippen LogP contribution is 1.85. The summed E-state index contributed by atoms with van der Waals surface area (Å²) in [5.74, 6) is 2.16. The Labute approximate surface area is 49.4 Å². The number of halogens is 1. The molecule has 0 aliphatic carbocycles. The van der Waals surface area contributed by atoms with Gasteiger partial charge in [-0.2, -0.15) is 0 Å². The fourth-order valence-electron chi connectivity index (χ4n) is 0.292. The van der Waals surface area contributed by atoms with Gasteiger partial charge in [-0.05, 0) is 24.8 Å². The minimum atomic E-state index is 0.838. The Balaban J connectivity index is 3.16. The summed E-state index contributed by atoms with van der Waals surface area (Å²) in [5, 5.41) is 0. The normalized spacial score (nSPS) is 8.75. The second-order valence-corrected chi connectivity index (χ2v) is 1.28. The van der Waals surface area contributed by atoms with E-state index in [1.165, 1.54) is 12.3 Å². The maximum absolute atomic E-state index is 11.0. The van der Waals surface area contributed by atoms with Gasteiger partial charge < -0.3 is 0 Å². The molecule has 0 aliphatic heterocycles. The van der Waals surface area contributed by atoms with Gasteiger partial charge in [0, 0.05) is 0 Å². The molecule has 0 N–H and O–H groups in total. The van der Waals surface area contributed by atoms with Gasteiger partial charge in [0.15, 0.2) is 0 Å². The van der Waals surface area contributed by atoms with Crippen molar-refractivity contribution in [2.75, 3.05) is 0 Å². The Morgan fingerprint density at radius 3 is 2.88 bits per heavy atom. The molecule has 0 saturated carbocycles. The summed E-state index contributed by atoms with van der Waals surface area (Å²) in [6.07, 6.45) is 6.26. The lowest BCUT2D eigenvalue weighted by Crippen LogP contribution is -1.58. The van der Waals surface area contributed by atoms with Gasteiger partial charge in [-0.3, -0.25) is 0 Å². The number of hydrogen-bond acceptors (Lipinski definition) is 0. The highest BCUT2D eigenvalue weighted by Gasteiger charge is 1.67. The molecule has 0 amide bonds. The summed E-state index contributed by atoms with van der Waals surface area (Å²) in [5.41, 5.74) is 0. The molecule has 0 aromatic heterocycles. The molecule has 0 nitrogen and oxygen atoms in total. The fourth-order valence-corrected chi connectivity index (χ4v) is 0.292. The van der Waals surface area contributed by atoms with Gasteiger partial charge in [-0.25, -0.2) is 0 Å². The van der Waals surface area contributed by atoms with Crippen LogP contribution in [0.3, 0.4) is 0 Å². The first kappa shape index (κ1) is 7.23. The van der Waals surface area contributed by atoms with E-state index in [-0.39, 0.29) is 0 Å². The summed E-state index contributed by atoms with van der Waals surface area (Å²) in [6, 6.07) is 0. The maximum Gasteiger partial charge on any atom is 0.110 e. The van der Waals surface area contributed by atoms with E-state index >= 15 is 0 Å². The van der Waals surface area contributed by atoms with Gasteiger partial charge in [0.25, 0.3) is 0 Å². The first-order chi connectivity index (χ1) is 3.91.